The highest BCUT2D eigenvalue weighted by atomic mass is 32.2. The molecule has 144 valence electrons. The van der Waals surface area contributed by atoms with Crippen molar-refractivity contribution >= 4 is 40.9 Å². The molecule has 2 aromatic carbocycles. The van der Waals surface area contributed by atoms with E-state index >= 15 is 0 Å². The lowest BCUT2D eigenvalue weighted by Crippen LogP contribution is -2.31. The lowest BCUT2D eigenvalue weighted by molar-refractivity contribution is -0.121. The maximum absolute atomic E-state index is 12.8. The highest BCUT2D eigenvalue weighted by Crippen LogP contribution is 2.35. The number of hydrogen-bond donors (Lipinski definition) is 1. The minimum Gasteiger partial charge on any atom is -0.326 e. The molecule has 0 spiro atoms. The standard InChI is InChI=1S/C22H22N2O3S/c1-13-3-8-17(11-14(13)2)24-20(25)12-19(22(24)27)28-18-9-6-16(7-10-18)23-21(26)15-4-5-15/h3,6-11,15,19H,4-5,12H2,1-2H3,(H,23,26). The summed E-state index contributed by atoms with van der Waals surface area (Å²) in [6.07, 6.45) is 2.12. The average molecular weight is 394 g/mol. The molecule has 1 N–H and O–H groups in total. The molecule has 1 heterocycles. The van der Waals surface area contributed by atoms with E-state index in [4.69, 9.17) is 0 Å². The van der Waals surface area contributed by atoms with Crippen molar-refractivity contribution in [2.45, 2.75) is 43.3 Å². The summed E-state index contributed by atoms with van der Waals surface area (Å²) in [5.74, 6) is -0.114. The SMILES string of the molecule is Cc1ccc(N2C(=O)CC(Sc3ccc(NC(=O)C4CC4)cc3)C2=O)cc1C. The largest absolute Gasteiger partial charge is 0.326 e. The van der Waals surface area contributed by atoms with Gasteiger partial charge in [0.05, 0.1) is 10.9 Å². The Labute approximate surface area is 168 Å². The van der Waals surface area contributed by atoms with Crippen LogP contribution in [0.2, 0.25) is 0 Å². The highest BCUT2D eigenvalue weighted by molar-refractivity contribution is 8.00. The minimum absolute atomic E-state index is 0.0704. The molecule has 1 atom stereocenters. The van der Waals surface area contributed by atoms with E-state index in [-0.39, 0.29) is 30.1 Å². The van der Waals surface area contributed by atoms with Crippen molar-refractivity contribution in [3.8, 4) is 0 Å². The van der Waals surface area contributed by atoms with Crippen LogP contribution in [0.25, 0.3) is 0 Å². The van der Waals surface area contributed by atoms with Crippen molar-refractivity contribution < 1.29 is 14.4 Å². The molecule has 2 aromatic rings. The summed E-state index contributed by atoms with van der Waals surface area (Å²) in [7, 11) is 0. The van der Waals surface area contributed by atoms with Crippen LogP contribution < -0.4 is 10.2 Å². The van der Waals surface area contributed by atoms with Gasteiger partial charge in [0.2, 0.25) is 17.7 Å². The van der Waals surface area contributed by atoms with Gasteiger partial charge in [-0.1, -0.05) is 6.07 Å². The van der Waals surface area contributed by atoms with Crippen LogP contribution >= 0.6 is 11.8 Å². The Bertz CT molecular complexity index is 951. The Balaban J connectivity index is 1.43. The Kier molecular flexibility index (Phi) is 4.98. The highest BCUT2D eigenvalue weighted by Gasteiger charge is 2.40. The summed E-state index contributed by atoms with van der Waals surface area (Å²) in [5, 5.41) is 2.47. The third-order valence-corrected chi connectivity index (χ3v) is 6.40. The van der Waals surface area contributed by atoms with Gasteiger partial charge < -0.3 is 5.32 Å². The summed E-state index contributed by atoms with van der Waals surface area (Å²) < 4.78 is 0. The fraction of sp³-hybridized carbons (Fsp3) is 0.318. The van der Waals surface area contributed by atoms with Gasteiger partial charge in [0.15, 0.2) is 0 Å². The van der Waals surface area contributed by atoms with Crippen LogP contribution in [-0.4, -0.2) is 23.0 Å². The zero-order valence-corrected chi connectivity index (χ0v) is 16.7. The smallest absolute Gasteiger partial charge is 0.247 e. The lowest BCUT2D eigenvalue weighted by Gasteiger charge is -2.16. The summed E-state index contributed by atoms with van der Waals surface area (Å²) in [6.45, 7) is 3.97. The molecule has 5 nitrogen and oxygen atoms in total. The molecule has 1 aliphatic heterocycles. The second-order valence-corrected chi connectivity index (χ2v) is 8.71. The van der Waals surface area contributed by atoms with Gasteiger partial charge >= 0.3 is 0 Å². The van der Waals surface area contributed by atoms with Crippen molar-refractivity contribution in [2.24, 2.45) is 5.92 Å². The second kappa shape index (κ2) is 7.43. The first-order chi connectivity index (χ1) is 13.4. The van der Waals surface area contributed by atoms with E-state index in [1.807, 2.05) is 56.3 Å². The molecular formula is C22H22N2O3S. The van der Waals surface area contributed by atoms with E-state index < -0.39 is 5.25 Å². The summed E-state index contributed by atoms with van der Waals surface area (Å²) in [6, 6.07) is 13.1. The third-order valence-electron chi connectivity index (χ3n) is 5.20. The molecule has 0 aromatic heterocycles. The van der Waals surface area contributed by atoms with Crippen LogP contribution in [0.4, 0.5) is 11.4 Å². The molecule has 1 saturated heterocycles. The lowest BCUT2D eigenvalue weighted by atomic mass is 10.1. The van der Waals surface area contributed by atoms with Crippen LogP contribution in [0.15, 0.2) is 47.4 Å². The first-order valence-corrected chi connectivity index (χ1v) is 10.3. The molecule has 0 radical (unpaired) electrons. The number of carbonyl (C=O) groups excluding carboxylic acids is 3. The number of carbonyl (C=O) groups is 3. The number of imide groups is 1. The summed E-state index contributed by atoms with van der Waals surface area (Å²) in [4.78, 5) is 39.3. The number of rotatable bonds is 5. The molecule has 0 bridgehead atoms. The number of nitrogens with zero attached hydrogens (tertiary/aromatic N) is 1. The molecule has 6 heteroatoms. The number of amides is 3. The van der Waals surface area contributed by atoms with Crippen LogP contribution in [-0.2, 0) is 14.4 Å². The molecular weight excluding hydrogens is 372 g/mol. The first kappa shape index (κ1) is 18.7. The van der Waals surface area contributed by atoms with E-state index in [9.17, 15) is 14.4 Å². The number of nitrogens with one attached hydrogen (secondary N) is 1. The number of anilines is 2. The Hall–Kier alpha value is -2.60. The van der Waals surface area contributed by atoms with Crippen molar-refractivity contribution in [2.75, 3.05) is 10.2 Å². The van der Waals surface area contributed by atoms with Gasteiger partial charge in [-0.15, -0.1) is 11.8 Å². The van der Waals surface area contributed by atoms with Crippen molar-refractivity contribution in [1.82, 2.24) is 0 Å². The van der Waals surface area contributed by atoms with Crippen LogP contribution in [0.3, 0.4) is 0 Å². The van der Waals surface area contributed by atoms with Crippen LogP contribution in [0.1, 0.15) is 30.4 Å². The van der Waals surface area contributed by atoms with Crippen LogP contribution in [0.5, 0.6) is 0 Å². The number of thioether (sulfide) groups is 1. The van der Waals surface area contributed by atoms with Gasteiger partial charge in [-0.2, -0.15) is 0 Å². The second-order valence-electron chi connectivity index (χ2n) is 7.43. The quantitative estimate of drug-likeness (QED) is 0.776. The molecule has 2 aliphatic rings. The van der Waals surface area contributed by atoms with Gasteiger partial charge in [0.1, 0.15) is 0 Å². The Morgan fingerprint density at radius 2 is 1.75 bits per heavy atom. The Morgan fingerprint density at radius 3 is 2.39 bits per heavy atom. The van der Waals surface area contributed by atoms with Gasteiger partial charge in [0.25, 0.3) is 0 Å². The number of benzene rings is 2. The van der Waals surface area contributed by atoms with Gasteiger partial charge in [-0.25, -0.2) is 4.90 Å². The van der Waals surface area contributed by atoms with E-state index in [1.165, 1.54) is 16.7 Å². The predicted molar refractivity (Wildman–Crippen MR) is 110 cm³/mol. The van der Waals surface area contributed by atoms with E-state index in [0.29, 0.717) is 5.69 Å². The monoisotopic (exact) mass is 394 g/mol. The zero-order valence-electron chi connectivity index (χ0n) is 15.9. The first-order valence-electron chi connectivity index (χ1n) is 9.44. The fourth-order valence-corrected chi connectivity index (χ4v) is 4.26. The number of aryl methyl sites for hydroxylation is 2. The maximum atomic E-state index is 12.8. The normalized spacial score (nSPS) is 19.2. The van der Waals surface area contributed by atoms with Gasteiger partial charge in [-0.05, 0) is 74.2 Å². The predicted octanol–water partition coefficient (Wildman–Crippen LogP) is 4.08. The summed E-state index contributed by atoms with van der Waals surface area (Å²) >= 11 is 1.39. The molecule has 1 aliphatic carbocycles. The van der Waals surface area contributed by atoms with Crippen molar-refractivity contribution in [3.05, 3.63) is 53.6 Å². The third kappa shape index (κ3) is 3.83. The average Bonchev–Trinajstić information content (AvgIpc) is 3.47. The van der Waals surface area contributed by atoms with Gasteiger partial charge in [-0.3, -0.25) is 14.4 Å². The zero-order chi connectivity index (χ0) is 19.8. The van der Waals surface area contributed by atoms with E-state index in [1.54, 1.807) is 0 Å². The molecule has 4 rings (SSSR count). The van der Waals surface area contributed by atoms with Crippen molar-refractivity contribution in [3.63, 3.8) is 0 Å². The van der Waals surface area contributed by atoms with Crippen LogP contribution in [0, 0.1) is 19.8 Å². The molecule has 1 saturated carbocycles. The molecule has 1 unspecified atom stereocenters. The van der Waals surface area contributed by atoms with Crippen molar-refractivity contribution in [1.29, 1.82) is 0 Å². The number of hydrogen-bond acceptors (Lipinski definition) is 4. The minimum atomic E-state index is -0.430. The van der Waals surface area contributed by atoms with Gasteiger partial charge in [0, 0.05) is 22.9 Å². The topological polar surface area (TPSA) is 66.5 Å². The molecule has 2 fully saturated rings. The van der Waals surface area contributed by atoms with E-state index in [2.05, 4.69) is 5.32 Å². The molecule has 28 heavy (non-hydrogen) atoms. The Morgan fingerprint density at radius 1 is 1.04 bits per heavy atom. The van der Waals surface area contributed by atoms with E-state index in [0.717, 1.165) is 34.6 Å². The maximum Gasteiger partial charge on any atom is 0.247 e. The molecule has 3 amide bonds. The fourth-order valence-electron chi connectivity index (χ4n) is 3.20. The summed E-state index contributed by atoms with van der Waals surface area (Å²) in [5.41, 5.74) is 3.58.